The Balaban J connectivity index is 2.13. The van der Waals surface area contributed by atoms with Crippen molar-refractivity contribution in [2.75, 3.05) is 6.61 Å². The first-order chi connectivity index (χ1) is 5.33. The highest BCUT2D eigenvalue weighted by Crippen LogP contribution is 2.36. The summed E-state index contributed by atoms with van der Waals surface area (Å²) in [5.74, 6) is 0.362. The average Bonchev–Trinajstić information content (AvgIpc) is 2.46. The van der Waals surface area contributed by atoms with Gasteiger partial charge >= 0.3 is 0 Å². The fraction of sp³-hybridized carbons (Fsp3) is 0.889. The molecule has 1 aliphatic heterocycles. The number of Topliss-reactive ketones (excluding diaryl/α,β-unsaturated/α-hetero) is 1. The summed E-state index contributed by atoms with van der Waals surface area (Å²) in [6, 6.07) is 0. The van der Waals surface area contributed by atoms with E-state index in [9.17, 15) is 4.79 Å². The molecule has 2 rings (SSSR count). The Morgan fingerprint density at radius 1 is 1.18 bits per heavy atom. The van der Waals surface area contributed by atoms with Crippen molar-refractivity contribution in [2.24, 2.45) is 0 Å². The SMILES string of the molecule is O=C1CCCC[C@]12CCCO2. The second-order valence-electron chi connectivity index (χ2n) is 3.58. The molecule has 0 unspecified atom stereocenters. The molecule has 62 valence electrons. The lowest BCUT2D eigenvalue weighted by molar-refractivity contribution is -0.142. The van der Waals surface area contributed by atoms with Gasteiger partial charge in [-0.25, -0.2) is 0 Å². The van der Waals surface area contributed by atoms with E-state index in [1.165, 1.54) is 6.42 Å². The van der Waals surface area contributed by atoms with Crippen LogP contribution in [0.15, 0.2) is 0 Å². The molecule has 2 nitrogen and oxygen atoms in total. The second-order valence-corrected chi connectivity index (χ2v) is 3.58. The first-order valence-electron chi connectivity index (χ1n) is 4.51. The zero-order valence-electron chi connectivity index (χ0n) is 6.77. The normalized spacial score (nSPS) is 38.4. The van der Waals surface area contributed by atoms with Crippen LogP contribution in [0.25, 0.3) is 0 Å². The molecule has 1 saturated carbocycles. The van der Waals surface area contributed by atoms with Gasteiger partial charge in [-0.3, -0.25) is 4.79 Å². The summed E-state index contributed by atoms with van der Waals surface area (Å²) >= 11 is 0. The van der Waals surface area contributed by atoms with Gasteiger partial charge in [0.15, 0.2) is 5.78 Å². The molecular formula is C9H14O2. The van der Waals surface area contributed by atoms with E-state index in [0.717, 1.165) is 38.7 Å². The van der Waals surface area contributed by atoms with Gasteiger partial charge in [0, 0.05) is 13.0 Å². The van der Waals surface area contributed by atoms with E-state index in [1.54, 1.807) is 0 Å². The third kappa shape index (κ3) is 1.09. The molecule has 2 heteroatoms. The van der Waals surface area contributed by atoms with Crippen molar-refractivity contribution in [3.8, 4) is 0 Å². The van der Waals surface area contributed by atoms with Crippen LogP contribution in [0.4, 0.5) is 0 Å². The number of hydrogen-bond donors (Lipinski definition) is 0. The quantitative estimate of drug-likeness (QED) is 0.530. The molecular weight excluding hydrogens is 140 g/mol. The van der Waals surface area contributed by atoms with Crippen LogP contribution in [-0.2, 0) is 9.53 Å². The number of hydrogen-bond acceptors (Lipinski definition) is 2. The molecule has 1 aliphatic carbocycles. The molecule has 1 saturated heterocycles. The predicted molar refractivity (Wildman–Crippen MR) is 41.4 cm³/mol. The van der Waals surface area contributed by atoms with Crippen LogP contribution in [0.3, 0.4) is 0 Å². The topological polar surface area (TPSA) is 26.3 Å². The Bertz CT molecular complexity index is 168. The highest BCUT2D eigenvalue weighted by molar-refractivity contribution is 5.88. The Labute approximate surface area is 66.9 Å². The molecule has 0 N–H and O–H groups in total. The molecule has 1 heterocycles. The molecule has 0 aromatic rings. The summed E-state index contributed by atoms with van der Waals surface area (Å²) in [6.07, 6.45) is 6.03. The van der Waals surface area contributed by atoms with E-state index in [1.807, 2.05) is 0 Å². The van der Waals surface area contributed by atoms with Gasteiger partial charge in [0.1, 0.15) is 5.60 Å². The van der Waals surface area contributed by atoms with Crippen LogP contribution in [-0.4, -0.2) is 18.0 Å². The summed E-state index contributed by atoms with van der Waals surface area (Å²) in [7, 11) is 0. The van der Waals surface area contributed by atoms with Crippen LogP contribution in [0.5, 0.6) is 0 Å². The maximum atomic E-state index is 11.5. The average molecular weight is 154 g/mol. The minimum Gasteiger partial charge on any atom is -0.367 e. The van der Waals surface area contributed by atoms with Crippen molar-refractivity contribution < 1.29 is 9.53 Å². The van der Waals surface area contributed by atoms with Crippen LogP contribution >= 0.6 is 0 Å². The summed E-state index contributed by atoms with van der Waals surface area (Å²) in [6.45, 7) is 0.797. The van der Waals surface area contributed by atoms with Crippen molar-refractivity contribution in [2.45, 2.75) is 44.1 Å². The molecule has 1 spiro atoms. The smallest absolute Gasteiger partial charge is 0.164 e. The van der Waals surface area contributed by atoms with E-state index in [-0.39, 0.29) is 5.60 Å². The number of ether oxygens (including phenoxy) is 1. The maximum absolute atomic E-state index is 11.5. The van der Waals surface area contributed by atoms with Crippen molar-refractivity contribution in [3.05, 3.63) is 0 Å². The zero-order chi connectivity index (χ0) is 7.73. The molecule has 0 amide bonds. The van der Waals surface area contributed by atoms with Crippen molar-refractivity contribution >= 4 is 5.78 Å². The summed E-state index contributed by atoms with van der Waals surface area (Å²) in [4.78, 5) is 11.5. The van der Waals surface area contributed by atoms with Crippen LogP contribution in [0, 0.1) is 0 Å². The van der Waals surface area contributed by atoms with Gasteiger partial charge in [0.05, 0.1) is 0 Å². The fourth-order valence-corrected chi connectivity index (χ4v) is 2.18. The van der Waals surface area contributed by atoms with Crippen molar-refractivity contribution in [1.82, 2.24) is 0 Å². The molecule has 0 aromatic heterocycles. The maximum Gasteiger partial charge on any atom is 0.164 e. The van der Waals surface area contributed by atoms with E-state index in [4.69, 9.17) is 4.74 Å². The molecule has 1 atom stereocenters. The Morgan fingerprint density at radius 2 is 2.00 bits per heavy atom. The van der Waals surface area contributed by atoms with Gasteiger partial charge in [-0.15, -0.1) is 0 Å². The van der Waals surface area contributed by atoms with Gasteiger partial charge < -0.3 is 4.74 Å². The fourth-order valence-electron chi connectivity index (χ4n) is 2.18. The Morgan fingerprint density at radius 3 is 2.64 bits per heavy atom. The Kier molecular flexibility index (Phi) is 1.72. The number of rotatable bonds is 0. The van der Waals surface area contributed by atoms with Gasteiger partial charge in [-0.05, 0) is 32.1 Å². The number of carbonyl (C=O) groups is 1. The lowest BCUT2D eigenvalue weighted by Gasteiger charge is -2.30. The van der Waals surface area contributed by atoms with Gasteiger partial charge in [-0.1, -0.05) is 0 Å². The lowest BCUT2D eigenvalue weighted by Crippen LogP contribution is -2.40. The third-order valence-electron chi connectivity index (χ3n) is 2.85. The minimum absolute atomic E-state index is 0.307. The highest BCUT2D eigenvalue weighted by atomic mass is 16.5. The number of ketones is 1. The zero-order valence-corrected chi connectivity index (χ0v) is 6.77. The molecule has 0 bridgehead atoms. The Hall–Kier alpha value is -0.370. The molecule has 2 aliphatic rings. The van der Waals surface area contributed by atoms with Crippen LogP contribution in [0.1, 0.15) is 38.5 Å². The van der Waals surface area contributed by atoms with Crippen molar-refractivity contribution in [1.29, 1.82) is 0 Å². The minimum atomic E-state index is -0.307. The highest BCUT2D eigenvalue weighted by Gasteiger charge is 2.43. The van der Waals surface area contributed by atoms with Crippen LogP contribution < -0.4 is 0 Å². The van der Waals surface area contributed by atoms with Crippen LogP contribution in [0.2, 0.25) is 0 Å². The second kappa shape index (κ2) is 2.59. The summed E-state index contributed by atoms with van der Waals surface area (Å²) < 4.78 is 5.54. The van der Waals surface area contributed by atoms with Gasteiger partial charge in [-0.2, -0.15) is 0 Å². The first kappa shape index (κ1) is 7.29. The molecule has 0 radical (unpaired) electrons. The number of carbonyl (C=O) groups excluding carboxylic acids is 1. The van der Waals surface area contributed by atoms with E-state index >= 15 is 0 Å². The molecule has 0 aromatic carbocycles. The summed E-state index contributed by atoms with van der Waals surface area (Å²) in [5.41, 5.74) is -0.307. The monoisotopic (exact) mass is 154 g/mol. The molecule has 2 fully saturated rings. The van der Waals surface area contributed by atoms with Crippen molar-refractivity contribution in [3.63, 3.8) is 0 Å². The van der Waals surface area contributed by atoms with E-state index < -0.39 is 0 Å². The van der Waals surface area contributed by atoms with E-state index in [2.05, 4.69) is 0 Å². The standard InChI is InChI=1S/C9H14O2/c10-8-4-1-2-5-9(8)6-3-7-11-9/h1-7H2/t9-/m0/s1. The molecule has 11 heavy (non-hydrogen) atoms. The third-order valence-corrected chi connectivity index (χ3v) is 2.85. The largest absolute Gasteiger partial charge is 0.367 e. The van der Waals surface area contributed by atoms with E-state index in [0.29, 0.717) is 5.78 Å². The first-order valence-corrected chi connectivity index (χ1v) is 4.51. The summed E-state index contributed by atoms with van der Waals surface area (Å²) in [5, 5.41) is 0. The predicted octanol–water partition coefficient (Wildman–Crippen LogP) is 1.68. The van der Waals surface area contributed by atoms with Gasteiger partial charge in [0.2, 0.25) is 0 Å². The van der Waals surface area contributed by atoms with Gasteiger partial charge in [0.25, 0.3) is 0 Å². The lowest BCUT2D eigenvalue weighted by atomic mass is 9.82.